The Morgan fingerprint density at radius 2 is 1.85 bits per heavy atom. The van der Waals surface area contributed by atoms with E-state index in [0.717, 1.165) is 38.9 Å². The molecule has 0 N–H and O–H groups in total. The molecule has 1 aromatic carbocycles. The van der Waals surface area contributed by atoms with Crippen molar-refractivity contribution in [2.75, 3.05) is 20.2 Å². The number of hydrogen-bond donors (Lipinski definition) is 0. The number of halogens is 1. The molecular formula is C16H26ClNO2. The van der Waals surface area contributed by atoms with Crippen LogP contribution in [0.4, 0.5) is 0 Å². The summed E-state index contributed by atoms with van der Waals surface area (Å²) in [5.41, 5.74) is 1.36. The van der Waals surface area contributed by atoms with Crippen LogP contribution >= 0.6 is 12.4 Å². The highest BCUT2D eigenvalue weighted by Crippen LogP contribution is 2.07. The highest BCUT2D eigenvalue weighted by molar-refractivity contribution is 5.85. The lowest BCUT2D eigenvalue weighted by molar-refractivity contribution is -0.140. The zero-order chi connectivity index (χ0) is 13.9. The second-order valence-corrected chi connectivity index (χ2v) is 4.74. The van der Waals surface area contributed by atoms with Crippen LogP contribution in [-0.4, -0.2) is 31.1 Å². The number of benzene rings is 1. The van der Waals surface area contributed by atoms with E-state index in [1.165, 1.54) is 12.7 Å². The molecule has 0 amide bonds. The van der Waals surface area contributed by atoms with Crippen molar-refractivity contribution >= 4 is 18.4 Å². The molecule has 1 rings (SSSR count). The van der Waals surface area contributed by atoms with Gasteiger partial charge < -0.3 is 4.74 Å². The van der Waals surface area contributed by atoms with Crippen molar-refractivity contribution in [1.29, 1.82) is 0 Å². The van der Waals surface area contributed by atoms with E-state index in [9.17, 15) is 4.79 Å². The molecule has 114 valence electrons. The molecule has 0 aliphatic rings. The first-order chi connectivity index (χ1) is 9.26. The first-order valence-corrected chi connectivity index (χ1v) is 7.09. The molecule has 0 saturated heterocycles. The molecular weight excluding hydrogens is 274 g/mol. The fraction of sp³-hybridized carbons (Fsp3) is 0.562. The minimum atomic E-state index is -0.100. The largest absolute Gasteiger partial charge is 0.469 e. The van der Waals surface area contributed by atoms with Gasteiger partial charge in [0.25, 0.3) is 0 Å². The van der Waals surface area contributed by atoms with Crippen LogP contribution in [0.3, 0.4) is 0 Å². The third-order valence-corrected chi connectivity index (χ3v) is 3.28. The van der Waals surface area contributed by atoms with Crippen LogP contribution in [-0.2, 0) is 16.1 Å². The fourth-order valence-corrected chi connectivity index (χ4v) is 2.07. The smallest absolute Gasteiger partial charge is 0.305 e. The van der Waals surface area contributed by atoms with Crippen molar-refractivity contribution in [3.8, 4) is 0 Å². The van der Waals surface area contributed by atoms with Crippen LogP contribution in [0.1, 0.15) is 38.2 Å². The number of methoxy groups -OCH3 is 1. The average molecular weight is 300 g/mol. The monoisotopic (exact) mass is 299 g/mol. The molecule has 0 aliphatic carbocycles. The van der Waals surface area contributed by atoms with Crippen LogP contribution < -0.4 is 0 Å². The van der Waals surface area contributed by atoms with Crippen LogP contribution in [0, 0.1) is 0 Å². The predicted octanol–water partition coefficient (Wildman–Crippen LogP) is 3.66. The molecule has 3 nitrogen and oxygen atoms in total. The molecule has 0 spiro atoms. The van der Waals surface area contributed by atoms with E-state index in [1.54, 1.807) is 0 Å². The van der Waals surface area contributed by atoms with Gasteiger partial charge in [-0.3, -0.25) is 9.69 Å². The zero-order valence-corrected chi connectivity index (χ0v) is 13.3. The summed E-state index contributed by atoms with van der Waals surface area (Å²) in [7, 11) is 1.45. The van der Waals surface area contributed by atoms with Gasteiger partial charge in [0.1, 0.15) is 0 Å². The van der Waals surface area contributed by atoms with Gasteiger partial charge in [0, 0.05) is 13.0 Å². The standard InChI is InChI=1S/C16H25NO2.ClH/c1-3-17(14-15-10-6-4-7-11-15)13-9-5-8-12-16(18)19-2;/h4,6-7,10-11H,3,5,8-9,12-14H2,1-2H3;1H. The van der Waals surface area contributed by atoms with Gasteiger partial charge in [-0.05, 0) is 31.5 Å². The van der Waals surface area contributed by atoms with Crippen molar-refractivity contribution in [2.24, 2.45) is 0 Å². The van der Waals surface area contributed by atoms with Crippen LogP contribution in [0.15, 0.2) is 30.3 Å². The Morgan fingerprint density at radius 1 is 1.15 bits per heavy atom. The summed E-state index contributed by atoms with van der Waals surface area (Å²) in [6.45, 7) is 5.35. The Kier molecular flexibility index (Phi) is 11.1. The van der Waals surface area contributed by atoms with E-state index < -0.39 is 0 Å². The lowest BCUT2D eigenvalue weighted by Crippen LogP contribution is -2.24. The number of nitrogens with zero attached hydrogens (tertiary/aromatic N) is 1. The maximum absolute atomic E-state index is 11.0. The normalized spacial score (nSPS) is 10.2. The predicted molar refractivity (Wildman–Crippen MR) is 85.1 cm³/mol. The molecule has 0 radical (unpaired) electrons. The molecule has 0 aliphatic heterocycles. The Morgan fingerprint density at radius 3 is 2.45 bits per heavy atom. The van der Waals surface area contributed by atoms with Crippen LogP contribution in [0.5, 0.6) is 0 Å². The third-order valence-electron chi connectivity index (χ3n) is 3.28. The topological polar surface area (TPSA) is 29.5 Å². The highest BCUT2D eigenvalue weighted by atomic mass is 35.5. The van der Waals surface area contributed by atoms with E-state index in [2.05, 4.69) is 40.8 Å². The number of ether oxygens (including phenoxy) is 1. The molecule has 0 unspecified atom stereocenters. The molecule has 0 heterocycles. The lowest BCUT2D eigenvalue weighted by atomic mass is 10.1. The summed E-state index contributed by atoms with van der Waals surface area (Å²) in [6, 6.07) is 10.5. The Hall–Kier alpha value is -1.06. The summed E-state index contributed by atoms with van der Waals surface area (Å²) >= 11 is 0. The molecule has 0 atom stereocenters. The summed E-state index contributed by atoms with van der Waals surface area (Å²) in [5.74, 6) is -0.100. The molecule has 4 heteroatoms. The van der Waals surface area contributed by atoms with Gasteiger partial charge in [0.05, 0.1) is 7.11 Å². The van der Waals surface area contributed by atoms with Crippen LogP contribution in [0.2, 0.25) is 0 Å². The van der Waals surface area contributed by atoms with Crippen molar-refractivity contribution < 1.29 is 9.53 Å². The quantitative estimate of drug-likeness (QED) is 0.515. The first kappa shape index (κ1) is 18.9. The summed E-state index contributed by atoms with van der Waals surface area (Å²) in [5, 5.41) is 0. The number of unbranched alkanes of at least 4 members (excludes halogenated alkanes) is 2. The molecule has 0 aromatic heterocycles. The summed E-state index contributed by atoms with van der Waals surface area (Å²) < 4.78 is 4.63. The molecule has 0 fully saturated rings. The van der Waals surface area contributed by atoms with E-state index in [0.29, 0.717) is 6.42 Å². The maximum Gasteiger partial charge on any atom is 0.305 e. The van der Waals surface area contributed by atoms with E-state index in [-0.39, 0.29) is 18.4 Å². The third kappa shape index (κ3) is 8.18. The molecule has 0 bridgehead atoms. The van der Waals surface area contributed by atoms with Crippen LogP contribution in [0.25, 0.3) is 0 Å². The average Bonchev–Trinajstić information content (AvgIpc) is 2.46. The van der Waals surface area contributed by atoms with Crippen molar-refractivity contribution in [3.63, 3.8) is 0 Å². The SMILES string of the molecule is CCN(CCCCCC(=O)OC)Cc1ccccc1.Cl. The van der Waals surface area contributed by atoms with Gasteiger partial charge >= 0.3 is 5.97 Å². The number of carbonyl (C=O) groups is 1. The first-order valence-electron chi connectivity index (χ1n) is 7.09. The number of esters is 1. The van der Waals surface area contributed by atoms with Gasteiger partial charge in [-0.15, -0.1) is 12.4 Å². The lowest BCUT2D eigenvalue weighted by Gasteiger charge is -2.20. The number of carbonyl (C=O) groups excluding carboxylic acids is 1. The second-order valence-electron chi connectivity index (χ2n) is 4.74. The number of rotatable bonds is 9. The fourth-order valence-electron chi connectivity index (χ4n) is 2.07. The maximum atomic E-state index is 11.0. The van der Waals surface area contributed by atoms with E-state index >= 15 is 0 Å². The van der Waals surface area contributed by atoms with E-state index in [1.807, 2.05) is 6.07 Å². The zero-order valence-electron chi connectivity index (χ0n) is 12.5. The minimum Gasteiger partial charge on any atom is -0.469 e. The van der Waals surface area contributed by atoms with Gasteiger partial charge in [0.2, 0.25) is 0 Å². The summed E-state index contributed by atoms with van der Waals surface area (Å²) in [4.78, 5) is 13.4. The van der Waals surface area contributed by atoms with Gasteiger partial charge in [0.15, 0.2) is 0 Å². The van der Waals surface area contributed by atoms with Gasteiger partial charge in [-0.25, -0.2) is 0 Å². The highest BCUT2D eigenvalue weighted by Gasteiger charge is 2.04. The van der Waals surface area contributed by atoms with Gasteiger partial charge in [-0.1, -0.05) is 43.7 Å². The second kappa shape index (κ2) is 11.7. The molecule has 20 heavy (non-hydrogen) atoms. The van der Waals surface area contributed by atoms with Crippen molar-refractivity contribution in [1.82, 2.24) is 4.90 Å². The molecule has 0 saturated carbocycles. The Bertz CT molecular complexity index is 357. The van der Waals surface area contributed by atoms with Crippen molar-refractivity contribution in [2.45, 2.75) is 39.2 Å². The minimum absolute atomic E-state index is 0. The van der Waals surface area contributed by atoms with Gasteiger partial charge in [-0.2, -0.15) is 0 Å². The Labute approximate surface area is 128 Å². The van der Waals surface area contributed by atoms with E-state index in [4.69, 9.17) is 0 Å². The summed E-state index contributed by atoms with van der Waals surface area (Å²) in [6.07, 6.45) is 3.69. The molecule has 1 aromatic rings. The Balaban J connectivity index is 0.00000361. The van der Waals surface area contributed by atoms with Crippen molar-refractivity contribution in [3.05, 3.63) is 35.9 Å². The number of hydrogen-bond acceptors (Lipinski definition) is 3.